The number of hydrogen-bond donors (Lipinski definition) is 0. The Morgan fingerprint density at radius 1 is 1.17 bits per heavy atom. The second kappa shape index (κ2) is 6.60. The van der Waals surface area contributed by atoms with Gasteiger partial charge in [-0.1, -0.05) is 35.5 Å². The van der Waals surface area contributed by atoms with Crippen LogP contribution in [0.1, 0.15) is 29.6 Å². The van der Waals surface area contributed by atoms with Crippen LogP contribution in [0.3, 0.4) is 0 Å². The fourth-order valence-electron chi connectivity index (χ4n) is 3.02. The molecule has 3 aromatic rings. The summed E-state index contributed by atoms with van der Waals surface area (Å²) in [5.41, 5.74) is 2.26. The van der Waals surface area contributed by atoms with Gasteiger partial charge in [-0.15, -0.1) is 11.3 Å². The molecule has 1 aliphatic rings. The minimum atomic E-state index is 0.432. The van der Waals surface area contributed by atoms with Crippen LogP contribution in [0.2, 0.25) is 0 Å². The zero-order valence-electron chi connectivity index (χ0n) is 12.8. The third-order valence-electron chi connectivity index (χ3n) is 4.31. The van der Waals surface area contributed by atoms with Gasteiger partial charge in [0.15, 0.2) is 5.82 Å². The molecule has 0 spiro atoms. The zero-order chi connectivity index (χ0) is 15.5. The van der Waals surface area contributed by atoms with Crippen molar-refractivity contribution in [2.24, 2.45) is 0 Å². The Bertz CT molecular complexity index is 733. The van der Waals surface area contributed by atoms with Crippen LogP contribution < -0.4 is 0 Å². The number of rotatable bonds is 4. The predicted molar refractivity (Wildman–Crippen MR) is 89.1 cm³/mol. The zero-order valence-corrected chi connectivity index (χ0v) is 13.6. The fourth-order valence-corrected chi connectivity index (χ4v) is 3.87. The number of benzene rings is 1. The standard InChI is InChI=1S/C17H18N4OS/c1-2-4-13(5-3-1)15-11-23-16(19-15)10-21-8-6-14(7-9-21)17-18-12-22-20-17/h1-5,11-12,14H,6-10H2. The fraction of sp³-hybridized carbons (Fsp3) is 0.353. The molecule has 3 heterocycles. The van der Waals surface area contributed by atoms with Crippen molar-refractivity contribution < 1.29 is 4.52 Å². The minimum Gasteiger partial charge on any atom is -0.343 e. The lowest BCUT2D eigenvalue weighted by molar-refractivity contribution is 0.200. The van der Waals surface area contributed by atoms with Crippen molar-refractivity contribution in [3.05, 3.63) is 52.9 Å². The van der Waals surface area contributed by atoms with Crippen LogP contribution in [0.4, 0.5) is 0 Å². The predicted octanol–water partition coefficient (Wildman–Crippen LogP) is 3.57. The van der Waals surface area contributed by atoms with Crippen molar-refractivity contribution in [3.63, 3.8) is 0 Å². The summed E-state index contributed by atoms with van der Waals surface area (Å²) in [6.45, 7) is 3.04. The van der Waals surface area contributed by atoms with E-state index in [1.54, 1.807) is 11.3 Å². The number of thiazole rings is 1. The van der Waals surface area contributed by atoms with E-state index in [9.17, 15) is 0 Å². The third kappa shape index (κ3) is 3.33. The average Bonchev–Trinajstić information content (AvgIpc) is 3.28. The molecule has 23 heavy (non-hydrogen) atoms. The van der Waals surface area contributed by atoms with Crippen molar-refractivity contribution in [2.45, 2.75) is 25.3 Å². The molecular weight excluding hydrogens is 308 g/mol. The van der Waals surface area contributed by atoms with Gasteiger partial charge in [-0.05, 0) is 25.9 Å². The second-order valence-electron chi connectivity index (χ2n) is 5.83. The number of piperidine rings is 1. The highest BCUT2D eigenvalue weighted by molar-refractivity contribution is 7.09. The molecular formula is C17H18N4OS. The molecule has 0 aliphatic carbocycles. The van der Waals surface area contributed by atoms with E-state index in [2.05, 4.69) is 44.7 Å². The van der Waals surface area contributed by atoms with Gasteiger partial charge >= 0.3 is 0 Å². The van der Waals surface area contributed by atoms with Crippen LogP contribution in [0.15, 0.2) is 46.6 Å². The number of likely N-dealkylation sites (tertiary alicyclic amines) is 1. The molecule has 0 bridgehead atoms. The molecule has 1 saturated heterocycles. The Labute approximate surface area is 139 Å². The normalized spacial score (nSPS) is 16.7. The summed E-state index contributed by atoms with van der Waals surface area (Å²) in [5.74, 6) is 1.28. The van der Waals surface area contributed by atoms with E-state index in [-0.39, 0.29) is 0 Å². The number of nitrogens with zero attached hydrogens (tertiary/aromatic N) is 4. The van der Waals surface area contributed by atoms with E-state index in [4.69, 9.17) is 9.51 Å². The summed E-state index contributed by atoms with van der Waals surface area (Å²) in [7, 11) is 0. The molecule has 0 radical (unpaired) electrons. The Morgan fingerprint density at radius 3 is 2.74 bits per heavy atom. The summed E-state index contributed by atoms with van der Waals surface area (Å²) in [5, 5.41) is 7.30. The number of aromatic nitrogens is 3. The van der Waals surface area contributed by atoms with Crippen molar-refractivity contribution in [1.29, 1.82) is 0 Å². The quantitative estimate of drug-likeness (QED) is 0.733. The molecule has 1 fully saturated rings. The van der Waals surface area contributed by atoms with Crippen molar-refractivity contribution in [2.75, 3.05) is 13.1 Å². The van der Waals surface area contributed by atoms with E-state index in [0.717, 1.165) is 44.0 Å². The van der Waals surface area contributed by atoms with Gasteiger partial charge in [0.05, 0.1) is 12.2 Å². The van der Waals surface area contributed by atoms with Gasteiger partial charge in [-0.3, -0.25) is 4.90 Å². The van der Waals surface area contributed by atoms with E-state index < -0.39 is 0 Å². The first-order chi connectivity index (χ1) is 11.4. The largest absolute Gasteiger partial charge is 0.343 e. The monoisotopic (exact) mass is 326 g/mol. The van der Waals surface area contributed by atoms with Crippen LogP contribution in [-0.4, -0.2) is 33.1 Å². The van der Waals surface area contributed by atoms with Gasteiger partial charge in [0, 0.05) is 16.9 Å². The van der Waals surface area contributed by atoms with Gasteiger partial charge in [-0.25, -0.2) is 4.98 Å². The van der Waals surface area contributed by atoms with Gasteiger partial charge < -0.3 is 4.52 Å². The smallest absolute Gasteiger partial charge is 0.213 e. The summed E-state index contributed by atoms with van der Waals surface area (Å²) >= 11 is 1.74. The molecule has 4 rings (SSSR count). The maximum Gasteiger partial charge on any atom is 0.213 e. The van der Waals surface area contributed by atoms with Crippen LogP contribution in [0.25, 0.3) is 11.3 Å². The molecule has 0 N–H and O–H groups in total. The van der Waals surface area contributed by atoms with E-state index in [0.29, 0.717) is 5.92 Å². The molecule has 0 atom stereocenters. The lowest BCUT2D eigenvalue weighted by Crippen LogP contribution is -2.32. The summed E-state index contributed by atoms with van der Waals surface area (Å²) in [6.07, 6.45) is 3.58. The molecule has 2 aromatic heterocycles. The van der Waals surface area contributed by atoms with E-state index in [1.165, 1.54) is 17.0 Å². The molecule has 118 valence electrons. The highest BCUT2D eigenvalue weighted by Gasteiger charge is 2.24. The summed E-state index contributed by atoms with van der Waals surface area (Å²) in [4.78, 5) is 11.4. The van der Waals surface area contributed by atoms with Crippen LogP contribution in [-0.2, 0) is 6.54 Å². The Kier molecular flexibility index (Phi) is 4.17. The number of hydrogen-bond acceptors (Lipinski definition) is 6. The first kappa shape index (κ1) is 14.5. The Morgan fingerprint density at radius 2 is 2.00 bits per heavy atom. The van der Waals surface area contributed by atoms with E-state index in [1.807, 2.05) is 6.07 Å². The Hall–Kier alpha value is -2.05. The maximum atomic E-state index is 4.85. The Balaban J connectivity index is 1.36. The lowest BCUT2D eigenvalue weighted by Gasteiger charge is -2.29. The molecule has 0 amide bonds. The van der Waals surface area contributed by atoms with Gasteiger partial charge in [0.25, 0.3) is 0 Å². The lowest BCUT2D eigenvalue weighted by atomic mass is 9.96. The van der Waals surface area contributed by atoms with Crippen molar-refractivity contribution in [1.82, 2.24) is 20.0 Å². The van der Waals surface area contributed by atoms with Crippen LogP contribution in [0.5, 0.6) is 0 Å². The summed E-state index contributed by atoms with van der Waals surface area (Å²) < 4.78 is 4.85. The van der Waals surface area contributed by atoms with Crippen LogP contribution >= 0.6 is 11.3 Å². The molecule has 1 aromatic carbocycles. The SMILES string of the molecule is c1ccc(-c2csc(CN3CCC(c4ncon4)CC3)n2)cc1. The third-order valence-corrected chi connectivity index (χ3v) is 5.14. The first-order valence-electron chi connectivity index (χ1n) is 7.87. The molecule has 0 saturated carbocycles. The topological polar surface area (TPSA) is 55.1 Å². The highest BCUT2D eigenvalue weighted by atomic mass is 32.1. The van der Waals surface area contributed by atoms with Gasteiger partial charge in [0.1, 0.15) is 5.01 Å². The minimum absolute atomic E-state index is 0.432. The van der Waals surface area contributed by atoms with Crippen LogP contribution in [0, 0.1) is 0 Å². The highest BCUT2D eigenvalue weighted by Crippen LogP contribution is 2.27. The van der Waals surface area contributed by atoms with Crippen molar-refractivity contribution >= 4 is 11.3 Å². The van der Waals surface area contributed by atoms with Crippen molar-refractivity contribution in [3.8, 4) is 11.3 Å². The molecule has 0 unspecified atom stereocenters. The first-order valence-corrected chi connectivity index (χ1v) is 8.75. The second-order valence-corrected chi connectivity index (χ2v) is 6.77. The molecule has 1 aliphatic heterocycles. The van der Waals surface area contributed by atoms with E-state index >= 15 is 0 Å². The average molecular weight is 326 g/mol. The summed E-state index contributed by atoms with van der Waals surface area (Å²) in [6, 6.07) is 10.4. The maximum absolute atomic E-state index is 4.85. The van der Waals surface area contributed by atoms with Gasteiger partial charge in [-0.2, -0.15) is 4.98 Å². The molecule has 5 nitrogen and oxygen atoms in total. The van der Waals surface area contributed by atoms with Gasteiger partial charge in [0.2, 0.25) is 6.39 Å². The molecule has 6 heteroatoms.